The van der Waals surface area contributed by atoms with Crippen molar-refractivity contribution in [3.8, 4) is 0 Å². The number of nitrogens with two attached hydrogens (primary N) is 1. The molecule has 0 fully saturated rings. The summed E-state index contributed by atoms with van der Waals surface area (Å²) in [5.74, 6) is -1.000. The van der Waals surface area contributed by atoms with Crippen molar-refractivity contribution in [2.24, 2.45) is 5.73 Å². The SMILES string of the molecule is C[C@@H](OC(=O)CCc1ccco1)C(=O)Nc1sccc1C(N)=O. The molecule has 2 amide bonds. The van der Waals surface area contributed by atoms with E-state index in [2.05, 4.69) is 5.32 Å². The number of furan rings is 1. The number of anilines is 1. The zero-order valence-corrected chi connectivity index (χ0v) is 13.2. The van der Waals surface area contributed by atoms with Crippen molar-refractivity contribution < 1.29 is 23.5 Å². The number of primary amides is 1. The maximum Gasteiger partial charge on any atom is 0.307 e. The fourth-order valence-electron chi connectivity index (χ4n) is 1.80. The number of carbonyl (C=O) groups is 3. The topological polar surface area (TPSA) is 112 Å². The van der Waals surface area contributed by atoms with Crippen LogP contribution >= 0.6 is 11.3 Å². The van der Waals surface area contributed by atoms with Crippen molar-refractivity contribution in [1.29, 1.82) is 0 Å². The zero-order chi connectivity index (χ0) is 16.8. The Morgan fingerprint density at radius 1 is 1.39 bits per heavy atom. The molecule has 2 aromatic heterocycles. The van der Waals surface area contributed by atoms with Gasteiger partial charge in [-0.2, -0.15) is 0 Å². The molecular formula is C15H16N2O5S. The number of carbonyl (C=O) groups excluding carboxylic acids is 3. The van der Waals surface area contributed by atoms with E-state index in [4.69, 9.17) is 14.9 Å². The lowest BCUT2D eigenvalue weighted by Gasteiger charge is -2.13. The number of aryl methyl sites for hydroxylation is 1. The average Bonchev–Trinajstić information content (AvgIpc) is 3.16. The van der Waals surface area contributed by atoms with Gasteiger partial charge in [-0.05, 0) is 30.5 Å². The summed E-state index contributed by atoms with van der Waals surface area (Å²) in [7, 11) is 0. The molecule has 0 saturated carbocycles. The summed E-state index contributed by atoms with van der Waals surface area (Å²) in [5.41, 5.74) is 5.42. The molecule has 0 unspecified atom stereocenters. The fourth-order valence-corrected chi connectivity index (χ4v) is 2.60. The highest BCUT2D eigenvalue weighted by atomic mass is 32.1. The molecule has 1 atom stereocenters. The van der Waals surface area contributed by atoms with Gasteiger partial charge in [0.25, 0.3) is 11.8 Å². The molecule has 0 aliphatic heterocycles. The highest BCUT2D eigenvalue weighted by Crippen LogP contribution is 2.23. The molecule has 2 rings (SSSR count). The maximum atomic E-state index is 12.0. The van der Waals surface area contributed by atoms with Crippen molar-refractivity contribution in [2.75, 3.05) is 5.32 Å². The number of ether oxygens (including phenoxy) is 1. The second kappa shape index (κ2) is 7.59. The normalized spacial score (nSPS) is 11.7. The van der Waals surface area contributed by atoms with Crippen LogP contribution < -0.4 is 11.1 Å². The van der Waals surface area contributed by atoms with Gasteiger partial charge < -0.3 is 20.2 Å². The Bertz CT molecular complexity index is 693. The monoisotopic (exact) mass is 336 g/mol. The Balaban J connectivity index is 1.83. The molecule has 2 aromatic rings. The summed E-state index contributed by atoms with van der Waals surface area (Å²) in [5, 5.41) is 4.50. The lowest BCUT2D eigenvalue weighted by atomic mass is 10.2. The van der Waals surface area contributed by atoms with Crippen molar-refractivity contribution in [2.45, 2.75) is 25.9 Å². The van der Waals surface area contributed by atoms with E-state index >= 15 is 0 Å². The van der Waals surface area contributed by atoms with Crippen LogP contribution in [0.25, 0.3) is 0 Å². The van der Waals surface area contributed by atoms with Gasteiger partial charge in [0, 0.05) is 6.42 Å². The highest BCUT2D eigenvalue weighted by Gasteiger charge is 2.20. The third-order valence-corrected chi connectivity index (χ3v) is 3.83. The second-order valence-electron chi connectivity index (χ2n) is 4.73. The third-order valence-electron chi connectivity index (χ3n) is 3.00. The summed E-state index contributed by atoms with van der Waals surface area (Å²) in [6.07, 6.45) is 1.05. The number of nitrogens with one attached hydrogen (secondary N) is 1. The van der Waals surface area contributed by atoms with Crippen LogP contribution in [0.5, 0.6) is 0 Å². The van der Waals surface area contributed by atoms with Crippen LogP contribution in [0.15, 0.2) is 34.3 Å². The van der Waals surface area contributed by atoms with E-state index in [-0.39, 0.29) is 12.0 Å². The molecule has 0 aliphatic carbocycles. The number of thiophene rings is 1. The number of esters is 1. The van der Waals surface area contributed by atoms with Crippen LogP contribution in [-0.2, 0) is 20.7 Å². The first-order valence-corrected chi connectivity index (χ1v) is 7.75. The zero-order valence-electron chi connectivity index (χ0n) is 12.4. The van der Waals surface area contributed by atoms with Crippen LogP contribution in [0.1, 0.15) is 29.5 Å². The molecule has 7 nitrogen and oxygen atoms in total. The first-order chi connectivity index (χ1) is 11.0. The van der Waals surface area contributed by atoms with Crippen LogP contribution in [0.2, 0.25) is 0 Å². The van der Waals surface area contributed by atoms with Crippen LogP contribution in [0.3, 0.4) is 0 Å². The Kier molecular flexibility index (Phi) is 5.53. The van der Waals surface area contributed by atoms with Gasteiger partial charge in [0.2, 0.25) is 0 Å². The van der Waals surface area contributed by atoms with Gasteiger partial charge in [-0.15, -0.1) is 11.3 Å². The van der Waals surface area contributed by atoms with Gasteiger partial charge in [0.05, 0.1) is 18.2 Å². The Morgan fingerprint density at radius 2 is 2.17 bits per heavy atom. The van der Waals surface area contributed by atoms with Crippen LogP contribution in [0.4, 0.5) is 5.00 Å². The van der Waals surface area contributed by atoms with E-state index in [9.17, 15) is 14.4 Å². The average molecular weight is 336 g/mol. The molecule has 0 bridgehead atoms. The summed E-state index contributed by atoms with van der Waals surface area (Å²) in [6, 6.07) is 5.00. The van der Waals surface area contributed by atoms with Crippen molar-refractivity contribution in [1.82, 2.24) is 0 Å². The standard InChI is InChI=1S/C15H16N2O5S/c1-9(22-12(18)5-4-10-3-2-7-21-10)14(20)17-15-11(13(16)19)6-8-23-15/h2-3,6-9H,4-5H2,1H3,(H2,16,19)(H,17,20)/t9-/m1/s1. The predicted molar refractivity (Wildman–Crippen MR) is 84.0 cm³/mol. The van der Waals surface area contributed by atoms with E-state index in [0.717, 1.165) is 0 Å². The summed E-state index contributed by atoms with van der Waals surface area (Å²) in [6.45, 7) is 1.46. The molecule has 2 heterocycles. The minimum Gasteiger partial charge on any atom is -0.469 e. The third kappa shape index (κ3) is 4.68. The lowest BCUT2D eigenvalue weighted by Crippen LogP contribution is -2.30. The Hall–Kier alpha value is -2.61. The first-order valence-electron chi connectivity index (χ1n) is 6.87. The lowest BCUT2D eigenvalue weighted by molar-refractivity contribution is -0.153. The van der Waals surface area contributed by atoms with Crippen molar-refractivity contribution >= 4 is 34.1 Å². The molecule has 0 aliphatic rings. The fraction of sp³-hybridized carbons (Fsp3) is 0.267. The molecule has 0 saturated heterocycles. The van der Waals surface area contributed by atoms with E-state index in [1.807, 2.05) is 0 Å². The maximum absolute atomic E-state index is 12.0. The molecule has 0 aromatic carbocycles. The quantitative estimate of drug-likeness (QED) is 0.751. The second-order valence-corrected chi connectivity index (χ2v) is 5.64. The predicted octanol–water partition coefficient (Wildman–Crippen LogP) is 1.94. The van der Waals surface area contributed by atoms with Gasteiger partial charge >= 0.3 is 5.97 Å². The van der Waals surface area contributed by atoms with Gasteiger partial charge in [-0.25, -0.2) is 0 Å². The Morgan fingerprint density at radius 3 is 2.83 bits per heavy atom. The number of amides is 2. The molecule has 23 heavy (non-hydrogen) atoms. The van der Waals surface area contributed by atoms with E-state index in [1.165, 1.54) is 30.6 Å². The van der Waals surface area contributed by atoms with Crippen LogP contribution in [0, 0.1) is 0 Å². The number of rotatable bonds is 7. The summed E-state index contributed by atoms with van der Waals surface area (Å²) < 4.78 is 10.2. The van der Waals surface area contributed by atoms with Gasteiger partial charge in [0.1, 0.15) is 10.8 Å². The van der Waals surface area contributed by atoms with E-state index < -0.39 is 23.9 Å². The number of hydrogen-bond acceptors (Lipinski definition) is 6. The molecule has 122 valence electrons. The largest absolute Gasteiger partial charge is 0.469 e. The minimum atomic E-state index is -0.984. The number of hydrogen-bond donors (Lipinski definition) is 2. The van der Waals surface area contributed by atoms with Gasteiger partial charge in [-0.3, -0.25) is 14.4 Å². The van der Waals surface area contributed by atoms with Gasteiger partial charge in [0.15, 0.2) is 6.10 Å². The molecular weight excluding hydrogens is 320 g/mol. The molecule has 3 N–H and O–H groups in total. The molecule has 0 radical (unpaired) electrons. The van der Waals surface area contributed by atoms with Gasteiger partial charge in [-0.1, -0.05) is 0 Å². The van der Waals surface area contributed by atoms with E-state index in [0.29, 0.717) is 17.2 Å². The van der Waals surface area contributed by atoms with E-state index in [1.54, 1.807) is 17.5 Å². The smallest absolute Gasteiger partial charge is 0.307 e. The minimum absolute atomic E-state index is 0.108. The Labute approximate surface area is 136 Å². The van der Waals surface area contributed by atoms with Crippen molar-refractivity contribution in [3.63, 3.8) is 0 Å². The highest BCUT2D eigenvalue weighted by molar-refractivity contribution is 7.14. The first kappa shape index (κ1) is 16.8. The summed E-state index contributed by atoms with van der Waals surface area (Å²) in [4.78, 5) is 34.9. The van der Waals surface area contributed by atoms with Crippen LogP contribution in [-0.4, -0.2) is 23.9 Å². The van der Waals surface area contributed by atoms with Crippen molar-refractivity contribution in [3.05, 3.63) is 41.2 Å². The summed E-state index contributed by atoms with van der Waals surface area (Å²) >= 11 is 1.17. The molecule has 0 spiro atoms. The molecule has 8 heteroatoms.